The molecule has 2 aromatic carbocycles. The lowest BCUT2D eigenvalue weighted by Crippen LogP contribution is -2.49. The zero-order valence-corrected chi connectivity index (χ0v) is 17.9. The van der Waals surface area contributed by atoms with E-state index in [-0.39, 0.29) is 12.3 Å². The molecule has 0 spiro atoms. The van der Waals surface area contributed by atoms with E-state index in [0.29, 0.717) is 31.1 Å². The summed E-state index contributed by atoms with van der Waals surface area (Å²) in [5, 5.41) is 5.03. The normalized spacial score (nSPS) is 14.1. The molecule has 31 heavy (non-hydrogen) atoms. The van der Waals surface area contributed by atoms with Gasteiger partial charge in [-0.25, -0.2) is 9.59 Å². The molecule has 0 saturated carbocycles. The molecule has 2 N–H and O–H groups in total. The average Bonchev–Trinajstić information content (AvgIpc) is 2.71. The van der Waals surface area contributed by atoms with Crippen LogP contribution in [0.3, 0.4) is 0 Å². The lowest BCUT2D eigenvalue weighted by Gasteiger charge is -2.26. The first-order chi connectivity index (χ1) is 14.7. The van der Waals surface area contributed by atoms with Crippen molar-refractivity contribution in [3.05, 3.63) is 59.7 Å². The van der Waals surface area contributed by atoms with Crippen molar-refractivity contribution in [1.29, 1.82) is 0 Å². The maximum atomic E-state index is 11.9. The predicted octanol–water partition coefficient (Wildman–Crippen LogP) is 3.74. The molecule has 1 fully saturated rings. The summed E-state index contributed by atoms with van der Waals surface area (Å²) in [4.78, 5) is 36.4. The number of ether oxygens (including phenoxy) is 2. The van der Waals surface area contributed by atoms with E-state index >= 15 is 0 Å². The van der Waals surface area contributed by atoms with Crippen molar-refractivity contribution in [2.75, 3.05) is 11.4 Å². The Morgan fingerprint density at radius 3 is 2.29 bits per heavy atom. The number of benzene rings is 2. The molecule has 1 saturated heterocycles. The second kappa shape index (κ2) is 9.51. The minimum atomic E-state index is -0.525. The molecule has 0 aliphatic carbocycles. The molecule has 0 aromatic heterocycles. The van der Waals surface area contributed by atoms with Crippen molar-refractivity contribution in [3.63, 3.8) is 0 Å². The number of nitrogens with zero attached hydrogens (tertiary/aromatic N) is 1. The average molecular weight is 425 g/mol. The van der Waals surface area contributed by atoms with E-state index in [1.807, 2.05) is 45.0 Å². The molecule has 0 atom stereocenters. The minimum Gasteiger partial charge on any atom is -0.489 e. The van der Waals surface area contributed by atoms with E-state index in [0.717, 1.165) is 11.1 Å². The van der Waals surface area contributed by atoms with Gasteiger partial charge in [0.25, 0.3) is 0 Å². The van der Waals surface area contributed by atoms with E-state index in [1.54, 1.807) is 24.3 Å². The van der Waals surface area contributed by atoms with Crippen LogP contribution >= 0.6 is 0 Å². The third-order valence-electron chi connectivity index (χ3n) is 4.47. The smallest absolute Gasteiger partial charge is 0.407 e. The Hall–Kier alpha value is -3.55. The van der Waals surface area contributed by atoms with Crippen LogP contribution in [0.15, 0.2) is 48.5 Å². The van der Waals surface area contributed by atoms with Crippen molar-refractivity contribution in [2.45, 2.75) is 45.9 Å². The number of imide groups is 1. The highest BCUT2D eigenvalue weighted by atomic mass is 16.6. The van der Waals surface area contributed by atoms with Crippen LogP contribution in [-0.4, -0.2) is 30.2 Å². The number of amides is 4. The first kappa shape index (κ1) is 22.1. The zero-order chi connectivity index (χ0) is 22.4. The zero-order valence-electron chi connectivity index (χ0n) is 17.9. The number of nitrogens with one attached hydrogen (secondary N) is 2. The van der Waals surface area contributed by atoms with Crippen LogP contribution in [-0.2, 0) is 22.7 Å². The molecule has 4 amide bonds. The summed E-state index contributed by atoms with van der Waals surface area (Å²) >= 11 is 0. The summed E-state index contributed by atoms with van der Waals surface area (Å²) < 4.78 is 11.0. The summed E-state index contributed by atoms with van der Waals surface area (Å²) in [6.07, 6.45) is -0.162. The Morgan fingerprint density at radius 1 is 1.03 bits per heavy atom. The van der Waals surface area contributed by atoms with Gasteiger partial charge < -0.3 is 14.8 Å². The topological polar surface area (TPSA) is 97.0 Å². The van der Waals surface area contributed by atoms with E-state index in [1.165, 1.54) is 4.90 Å². The van der Waals surface area contributed by atoms with Crippen LogP contribution in [0.25, 0.3) is 0 Å². The van der Waals surface area contributed by atoms with E-state index in [2.05, 4.69) is 10.6 Å². The molecule has 3 rings (SSSR count). The number of anilines is 1. The van der Waals surface area contributed by atoms with Crippen LogP contribution in [0.2, 0.25) is 0 Å². The molecule has 0 radical (unpaired) electrons. The number of carbonyl (C=O) groups excluding carboxylic acids is 3. The van der Waals surface area contributed by atoms with E-state index < -0.39 is 17.7 Å². The molecular formula is C23H27N3O5. The quantitative estimate of drug-likeness (QED) is 0.735. The van der Waals surface area contributed by atoms with Crippen molar-refractivity contribution in [1.82, 2.24) is 10.6 Å². The van der Waals surface area contributed by atoms with Gasteiger partial charge in [0.2, 0.25) is 5.91 Å². The van der Waals surface area contributed by atoms with Gasteiger partial charge in [-0.05, 0) is 56.2 Å². The molecule has 8 nitrogen and oxygen atoms in total. The molecule has 8 heteroatoms. The highest BCUT2D eigenvalue weighted by Crippen LogP contribution is 2.22. The molecule has 1 heterocycles. The van der Waals surface area contributed by atoms with Gasteiger partial charge in [0.05, 0.1) is 0 Å². The number of rotatable bonds is 6. The number of carbonyl (C=O) groups is 3. The highest BCUT2D eigenvalue weighted by molar-refractivity contribution is 6.05. The van der Waals surface area contributed by atoms with Gasteiger partial charge in [0.1, 0.15) is 18.0 Å². The minimum absolute atomic E-state index is 0.257. The predicted molar refractivity (Wildman–Crippen MR) is 116 cm³/mol. The second-order valence-corrected chi connectivity index (χ2v) is 8.21. The maximum absolute atomic E-state index is 11.9. The van der Waals surface area contributed by atoms with Gasteiger partial charge in [-0.3, -0.25) is 15.0 Å². The van der Waals surface area contributed by atoms with Crippen molar-refractivity contribution >= 4 is 23.7 Å². The number of hydrogen-bond donors (Lipinski definition) is 2. The SMILES string of the molecule is CC(C)(C)OC(=O)NCc1ccc(COc2ccc(N3CCC(=O)NC3=O)cc2)cc1. The van der Waals surface area contributed by atoms with Crippen LogP contribution < -0.4 is 20.3 Å². The Bertz CT molecular complexity index is 933. The lowest BCUT2D eigenvalue weighted by molar-refractivity contribution is -0.120. The van der Waals surface area contributed by atoms with Crippen LogP contribution in [0.4, 0.5) is 15.3 Å². The number of urea groups is 1. The molecule has 2 aromatic rings. The lowest BCUT2D eigenvalue weighted by atomic mass is 10.1. The largest absolute Gasteiger partial charge is 0.489 e. The Kier molecular flexibility index (Phi) is 6.79. The first-order valence-corrected chi connectivity index (χ1v) is 10.1. The summed E-state index contributed by atoms with van der Waals surface area (Å²) in [6, 6.07) is 14.5. The monoisotopic (exact) mass is 425 g/mol. The third-order valence-corrected chi connectivity index (χ3v) is 4.47. The van der Waals surface area contributed by atoms with Gasteiger partial charge >= 0.3 is 12.1 Å². The third kappa shape index (κ3) is 6.74. The molecule has 1 aliphatic heterocycles. The first-order valence-electron chi connectivity index (χ1n) is 10.1. The molecule has 0 unspecified atom stereocenters. The summed E-state index contributed by atoms with van der Waals surface area (Å²) in [5.74, 6) is 0.417. The standard InChI is InChI=1S/C23H27N3O5/c1-23(2,3)31-22(29)24-14-16-4-6-17(7-5-16)15-30-19-10-8-18(9-11-19)26-13-12-20(27)25-21(26)28/h4-11H,12-15H2,1-3H3,(H,24,29)(H,25,27,28). The highest BCUT2D eigenvalue weighted by Gasteiger charge is 2.24. The molecule has 164 valence electrons. The van der Waals surface area contributed by atoms with Crippen LogP contribution in [0, 0.1) is 0 Å². The summed E-state index contributed by atoms with van der Waals surface area (Å²) in [7, 11) is 0. The molecular weight excluding hydrogens is 398 g/mol. The molecule has 0 bridgehead atoms. The van der Waals surface area contributed by atoms with Gasteiger partial charge in [0.15, 0.2) is 0 Å². The summed E-state index contributed by atoms with van der Waals surface area (Å²) in [6.45, 7) is 6.59. The van der Waals surface area contributed by atoms with Gasteiger partial charge in [-0.1, -0.05) is 24.3 Å². The van der Waals surface area contributed by atoms with Gasteiger partial charge in [-0.15, -0.1) is 0 Å². The fourth-order valence-electron chi connectivity index (χ4n) is 2.94. The van der Waals surface area contributed by atoms with E-state index in [4.69, 9.17) is 9.47 Å². The fraction of sp³-hybridized carbons (Fsp3) is 0.348. The Morgan fingerprint density at radius 2 is 1.68 bits per heavy atom. The maximum Gasteiger partial charge on any atom is 0.407 e. The van der Waals surface area contributed by atoms with Crippen molar-refractivity contribution < 1.29 is 23.9 Å². The Balaban J connectivity index is 1.47. The van der Waals surface area contributed by atoms with Gasteiger partial charge in [0, 0.05) is 25.2 Å². The number of hydrogen-bond acceptors (Lipinski definition) is 5. The molecule has 1 aliphatic rings. The second-order valence-electron chi connectivity index (χ2n) is 8.21. The fourth-order valence-corrected chi connectivity index (χ4v) is 2.94. The van der Waals surface area contributed by atoms with Crippen LogP contribution in [0.1, 0.15) is 38.3 Å². The van der Waals surface area contributed by atoms with E-state index in [9.17, 15) is 14.4 Å². The number of alkyl carbamates (subject to hydrolysis) is 1. The van der Waals surface area contributed by atoms with Gasteiger partial charge in [-0.2, -0.15) is 0 Å². The van der Waals surface area contributed by atoms with Crippen molar-refractivity contribution in [3.8, 4) is 5.75 Å². The van der Waals surface area contributed by atoms with Crippen LogP contribution in [0.5, 0.6) is 5.75 Å². The van der Waals surface area contributed by atoms with Crippen molar-refractivity contribution in [2.24, 2.45) is 0 Å². The Labute approximate surface area is 181 Å². The summed E-state index contributed by atoms with van der Waals surface area (Å²) in [5.41, 5.74) is 2.12.